The molecule has 0 amide bonds. The molecule has 3 rings (SSSR count). The van der Waals surface area contributed by atoms with E-state index in [1.165, 1.54) is 0 Å². The van der Waals surface area contributed by atoms with Crippen molar-refractivity contribution in [2.75, 3.05) is 0 Å². The zero-order valence-electron chi connectivity index (χ0n) is 12.9. The number of aryl methyl sites for hydroxylation is 1. The second-order valence-corrected chi connectivity index (χ2v) is 5.49. The number of ether oxygens (including phenoxy) is 1. The zero-order valence-corrected chi connectivity index (χ0v) is 12.9. The molecule has 0 aliphatic heterocycles. The van der Waals surface area contributed by atoms with Crippen LogP contribution in [-0.4, -0.2) is 16.2 Å². The van der Waals surface area contributed by atoms with Crippen molar-refractivity contribution < 1.29 is 9.26 Å². The highest BCUT2D eigenvalue weighted by Gasteiger charge is 2.11. The smallest absolute Gasteiger partial charge is 0.258 e. The van der Waals surface area contributed by atoms with Crippen molar-refractivity contribution in [3.63, 3.8) is 0 Å². The van der Waals surface area contributed by atoms with Gasteiger partial charge in [-0.3, -0.25) is 0 Å². The highest BCUT2D eigenvalue weighted by molar-refractivity contribution is 5.61. The summed E-state index contributed by atoms with van der Waals surface area (Å²) in [5, 5.41) is 4.07. The molecular formula is C18H18N2O2. The molecule has 4 nitrogen and oxygen atoms in total. The fraction of sp³-hybridized carbons (Fsp3) is 0.222. The number of benzene rings is 2. The summed E-state index contributed by atoms with van der Waals surface area (Å²) in [6.45, 7) is 6.03. The van der Waals surface area contributed by atoms with Crippen LogP contribution in [0.15, 0.2) is 53.1 Å². The van der Waals surface area contributed by atoms with E-state index in [4.69, 9.17) is 9.26 Å². The van der Waals surface area contributed by atoms with E-state index in [0.29, 0.717) is 11.7 Å². The van der Waals surface area contributed by atoms with E-state index in [0.717, 1.165) is 22.4 Å². The van der Waals surface area contributed by atoms with Crippen LogP contribution >= 0.6 is 0 Å². The Kier molecular flexibility index (Phi) is 3.92. The minimum Gasteiger partial charge on any atom is -0.491 e. The number of aromatic nitrogens is 2. The van der Waals surface area contributed by atoms with Crippen LogP contribution in [0.1, 0.15) is 19.4 Å². The Bertz CT molecular complexity index is 778. The summed E-state index contributed by atoms with van der Waals surface area (Å²) in [7, 11) is 0. The van der Waals surface area contributed by atoms with E-state index in [-0.39, 0.29) is 6.10 Å². The first kappa shape index (κ1) is 14.3. The van der Waals surface area contributed by atoms with Gasteiger partial charge in [-0.15, -0.1) is 0 Å². The van der Waals surface area contributed by atoms with Crippen molar-refractivity contribution in [1.29, 1.82) is 0 Å². The van der Waals surface area contributed by atoms with Crippen molar-refractivity contribution in [3.05, 3.63) is 54.1 Å². The molecule has 0 spiro atoms. The second-order valence-electron chi connectivity index (χ2n) is 5.49. The van der Waals surface area contributed by atoms with Gasteiger partial charge in [-0.1, -0.05) is 35.0 Å². The van der Waals surface area contributed by atoms with Crippen LogP contribution in [0, 0.1) is 6.92 Å². The summed E-state index contributed by atoms with van der Waals surface area (Å²) in [4.78, 5) is 4.48. The number of nitrogens with zero attached hydrogens (tertiary/aromatic N) is 2. The predicted octanol–water partition coefficient (Wildman–Crippen LogP) is 4.50. The molecule has 0 saturated heterocycles. The van der Waals surface area contributed by atoms with Gasteiger partial charge in [0.05, 0.1) is 6.10 Å². The maximum Gasteiger partial charge on any atom is 0.258 e. The van der Waals surface area contributed by atoms with Gasteiger partial charge in [0.15, 0.2) is 0 Å². The van der Waals surface area contributed by atoms with E-state index in [1.54, 1.807) is 0 Å². The van der Waals surface area contributed by atoms with Gasteiger partial charge in [0.25, 0.3) is 5.89 Å². The average molecular weight is 294 g/mol. The van der Waals surface area contributed by atoms with Gasteiger partial charge in [0.2, 0.25) is 5.82 Å². The number of rotatable bonds is 4. The molecule has 0 fully saturated rings. The van der Waals surface area contributed by atoms with E-state index >= 15 is 0 Å². The summed E-state index contributed by atoms with van der Waals surface area (Å²) < 4.78 is 11.1. The molecule has 0 aliphatic rings. The first-order valence-corrected chi connectivity index (χ1v) is 7.29. The Balaban J connectivity index is 1.91. The Labute approximate surface area is 129 Å². The minimum atomic E-state index is 0.126. The first-order valence-electron chi connectivity index (χ1n) is 7.29. The SMILES string of the molecule is Cc1cccc(-c2noc(-c3cccc(OC(C)C)c3)n2)c1. The molecule has 1 heterocycles. The predicted molar refractivity (Wildman–Crippen MR) is 85.7 cm³/mol. The lowest BCUT2D eigenvalue weighted by Crippen LogP contribution is -2.05. The van der Waals surface area contributed by atoms with Crippen molar-refractivity contribution >= 4 is 0 Å². The van der Waals surface area contributed by atoms with Crippen LogP contribution < -0.4 is 4.74 Å². The molecule has 0 radical (unpaired) electrons. The molecule has 2 aromatic carbocycles. The monoisotopic (exact) mass is 294 g/mol. The van der Waals surface area contributed by atoms with Crippen molar-refractivity contribution in [1.82, 2.24) is 10.1 Å². The van der Waals surface area contributed by atoms with Crippen LogP contribution in [0.5, 0.6) is 5.75 Å². The molecule has 0 unspecified atom stereocenters. The van der Waals surface area contributed by atoms with E-state index in [9.17, 15) is 0 Å². The van der Waals surface area contributed by atoms with Crippen LogP contribution in [0.4, 0.5) is 0 Å². The van der Waals surface area contributed by atoms with E-state index in [2.05, 4.69) is 10.1 Å². The Morgan fingerprint density at radius 2 is 1.77 bits per heavy atom. The van der Waals surface area contributed by atoms with Crippen LogP contribution in [-0.2, 0) is 0 Å². The van der Waals surface area contributed by atoms with Gasteiger partial charge >= 0.3 is 0 Å². The Morgan fingerprint density at radius 3 is 2.55 bits per heavy atom. The molecule has 1 aromatic heterocycles. The second kappa shape index (κ2) is 6.02. The quantitative estimate of drug-likeness (QED) is 0.711. The van der Waals surface area contributed by atoms with Crippen molar-refractivity contribution in [2.45, 2.75) is 26.9 Å². The lowest BCUT2D eigenvalue weighted by molar-refractivity contribution is 0.242. The summed E-state index contributed by atoms with van der Waals surface area (Å²) in [6.07, 6.45) is 0.126. The molecule has 4 heteroatoms. The van der Waals surface area contributed by atoms with Crippen LogP contribution in [0.2, 0.25) is 0 Å². The molecule has 0 atom stereocenters. The molecule has 0 saturated carbocycles. The maximum absolute atomic E-state index is 5.69. The third-order valence-electron chi connectivity index (χ3n) is 3.16. The average Bonchev–Trinajstić information content (AvgIpc) is 2.97. The Morgan fingerprint density at radius 1 is 1.00 bits per heavy atom. The van der Waals surface area contributed by atoms with Gasteiger partial charge in [0, 0.05) is 11.1 Å². The van der Waals surface area contributed by atoms with Gasteiger partial charge < -0.3 is 9.26 Å². The van der Waals surface area contributed by atoms with Gasteiger partial charge in [-0.2, -0.15) is 4.98 Å². The fourth-order valence-electron chi connectivity index (χ4n) is 2.22. The molecule has 0 bridgehead atoms. The third kappa shape index (κ3) is 3.17. The van der Waals surface area contributed by atoms with Gasteiger partial charge in [0.1, 0.15) is 5.75 Å². The van der Waals surface area contributed by atoms with Crippen LogP contribution in [0.25, 0.3) is 22.8 Å². The molecule has 0 aliphatic carbocycles. The summed E-state index contributed by atoms with van der Waals surface area (Å²) in [5.41, 5.74) is 2.96. The standard InChI is InChI=1S/C18H18N2O2/c1-12(2)21-16-9-5-8-15(11-16)18-19-17(20-22-18)14-7-4-6-13(3)10-14/h4-12H,1-3H3. The number of hydrogen-bond donors (Lipinski definition) is 0. The molecule has 112 valence electrons. The fourth-order valence-corrected chi connectivity index (χ4v) is 2.22. The van der Waals surface area contributed by atoms with E-state index < -0.39 is 0 Å². The highest BCUT2D eigenvalue weighted by atomic mass is 16.5. The van der Waals surface area contributed by atoms with Gasteiger partial charge in [-0.25, -0.2) is 0 Å². The lowest BCUT2D eigenvalue weighted by atomic mass is 10.1. The van der Waals surface area contributed by atoms with Crippen molar-refractivity contribution in [3.8, 4) is 28.6 Å². The normalized spacial score (nSPS) is 10.9. The van der Waals surface area contributed by atoms with Gasteiger partial charge in [-0.05, 0) is 45.0 Å². The maximum atomic E-state index is 5.69. The molecule has 22 heavy (non-hydrogen) atoms. The topological polar surface area (TPSA) is 48.2 Å². The summed E-state index contributed by atoms with van der Waals surface area (Å²) in [5.74, 6) is 1.88. The van der Waals surface area contributed by atoms with Crippen molar-refractivity contribution in [2.24, 2.45) is 0 Å². The molecule has 3 aromatic rings. The molecule has 0 N–H and O–H groups in total. The third-order valence-corrected chi connectivity index (χ3v) is 3.16. The van der Waals surface area contributed by atoms with Crippen LogP contribution in [0.3, 0.4) is 0 Å². The summed E-state index contributed by atoms with van der Waals surface area (Å²) >= 11 is 0. The minimum absolute atomic E-state index is 0.126. The van der Waals surface area contributed by atoms with E-state index in [1.807, 2.05) is 69.3 Å². The Hall–Kier alpha value is -2.62. The zero-order chi connectivity index (χ0) is 15.5. The largest absolute Gasteiger partial charge is 0.491 e. The number of hydrogen-bond acceptors (Lipinski definition) is 4. The first-order chi connectivity index (χ1) is 10.6. The summed E-state index contributed by atoms with van der Waals surface area (Å²) in [6, 6.07) is 15.7. The molecular weight excluding hydrogens is 276 g/mol. The lowest BCUT2D eigenvalue weighted by Gasteiger charge is -2.09. The highest BCUT2D eigenvalue weighted by Crippen LogP contribution is 2.25.